The summed E-state index contributed by atoms with van der Waals surface area (Å²) in [6, 6.07) is 7.55. The zero-order chi connectivity index (χ0) is 19.2. The van der Waals surface area contributed by atoms with Crippen molar-refractivity contribution < 1.29 is 14.3 Å². The molecule has 0 aliphatic heterocycles. The van der Waals surface area contributed by atoms with Crippen molar-refractivity contribution in [3.05, 3.63) is 35.6 Å². The van der Waals surface area contributed by atoms with Crippen LogP contribution < -0.4 is 10.1 Å². The van der Waals surface area contributed by atoms with Crippen LogP contribution in [0.2, 0.25) is 5.15 Å². The van der Waals surface area contributed by atoms with Crippen molar-refractivity contribution in [3.63, 3.8) is 0 Å². The number of nitrogens with zero attached hydrogens (tertiary/aromatic N) is 1. The Kier molecular flexibility index (Phi) is 7.09. The van der Waals surface area contributed by atoms with Gasteiger partial charge in [0.2, 0.25) is 0 Å². The lowest BCUT2D eigenvalue weighted by atomic mass is 9.89. The molecule has 0 fully saturated rings. The summed E-state index contributed by atoms with van der Waals surface area (Å²) in [6.45, 7) is 8.86. The van der Waals surface area contributed by atoms with E-state index in [4.69, 9.17) is 21.1 Å². The monoisotopic (exact) mass is 378 g/mol. The Bertz CT molecular complexity index is 751. The average molecular weight is 379 g/mol. The van der Waals surface area contributed by atoms with Gasteiger partial charge in [0.1, 0.15) is 17.5 Å². The molecule has 0 saturated carbocycles. The number of benzene rings is 1. The molecule has 142 valence electrons. The number of halogens is 1. The lowest BCUT2D eigenvalue weighted by molar-refractivity contribution is 0.104. The fraction of sp³-hybridized carbons (Fsp3) is 0.500. The van der Waals surface area contributed by atoms with Gasteiger partial charge in [0.25, 0.3) is 0 Å². The number of carbonyl (C=O) groups excluding carboxylic acids is 1. The summed E-state index contributed by atoms with van der Waals surface area (Å²) in [5.41, 5.74) is -0.547. The van der Waals surface area contributed by atoms with Gasteiger partial charge in [-0.25, -0.2) is 9.78 Å². The molecule has 0 aliphatic carbocycles. The molecule has 1 N–H and O–H groups in total. The quantitative estimate of drug-likeness (QED) is 0.506. The second-order valence-electron chi connectivity index (χ2n) is 6.96. The van der Waals surface area contributed by atoms with Crippen LogP contribution in [0.1, 0.15) is 40.5 Å². The molecular formula is C20H27ClN2O3. The van der Waals surface area contributed by atoms with Crippen molar-refractivity contribution in [2.24, 2.45) is 5.92 Å². The Labute approximate surface area is 160 Å². The molecule has 6 heteroatoms. The molecule has 1 aromatic heterocycles. The number of fused-ring (bicyclic) bond motifs is 1. The van der Waals surface area contributed by atoms with Gasteiger partial charge in [-0.15, -0.1) is 0 Å². The highest BCUT2D eigenvalue weighted by atomic mass is 35.5. The van der Waals surface area contributed by atoms with E-state index in [0.717, 1.165) is 23.6 Å². The largest absolute Gasteiger partial charge is 0.491 e. The van der Waals surface area contributed by atoms with E-state index in [9.17, 15) is 4.79 Å². The standard InChI is InChI=1S/C20H27ClN2O3/c1-5-6-11-25-19(24)23-20(4,14(2)3)13-26-16-7-8-17-15(12-16)9-10-22-18(17)21/h7-10,12,14H,5-6,11,13H2,1-4H3,(H,23,24). The van der Waals surface area contributed by atoms with E-state index in [-0.39, 0.29) is 5.92 Å². The number of ether oxygens (including phenoxy) is 2. The summed E-state index contributed by atoms with van der Waals surface area (Å²) in [4.78, 5) is 16.1. The molecule has 0 spiro atoms. The Balaban J connectivity index is 2.04. The third-order valence-corrected chi connectivity index (χ3v) is 4.92. The van der Waals surface area contributed by atoms with Gasteiger partial charge in [0.15, 0.2) is 0 Å². The topological polar surface area (TPSA) is 60.5 Å². The lowest BCUT2D eigenvalue weighted by Crippen LogP contribution is -2.54. The van der Waals surface area contributed by atoms with Gasteiger partial charge in [0, 0.05) is 11.6 Å². The molecular weight excluding hydrogens is 352 g/mol. The van der Waals surface area contributed by atoms with Gasteiger partial charge >= 0.3 is 6.09 Å². The fourth-order valence-electron chi connectivity index (χ4n) is 2.37. The molecule has 2 aromatic rings. The summed E-state index contributed by atoms with van der Waals surface area (Å²) < 4.78 is 11.2. The molecule has 2 rings (SSSR count). The molecule has 0 saturated heterocycles. The summed E-state index contributed by atoms with van der Waals surface area (Å²) in [7, 11) is 0. The van der Waals surface area contributed by atoms with Gasteiger partial charge in [-0.1, -0.05) is 38.8 Å². The van der Waals surface area contributed by atoms with Gasteiger partial charge in [-0.2, -0.15) is 0 Å². The number of nitrogens with one attached hydrogen (secondary N) is 1. The molecule has 1 unspecified atom stereocenters. The molecule has 0 aliphatic rings. The zero-order valence-corrected chi connectivity index (χ0v) is 16.6. The Morgan fingerprint density at radius 2 is 2.12 bits per heavy atom. The molecule has 1 amide bonds. The minimum absolute atomic E-state index is 0.167. The number of alkyl carbamates (subject to hydrolysis) is 1. The number of aromatic nitrogens is 1. The molecule has 1 atom stereocenters. The molecule has 0 radical (unpaired) electrons. The van der Waals surface area contributed by atoms with Crippen molar-refractivity contribution in [2.75, 3.05) is 13.2 Å². The van der Waals surface area contributed by atoms with E-state index in [1.165, 1.54) is 0 Å². The first-order valence-corrected chi connectivity index (χ1v) is 9.35. The van der Waals surface area contributed by atoms with Crippen molar-refractivity contribution in [3.8, 4) is 5.75 Å². The minimum atomic E-state index is -0.547. The number of amides is 1. The molecule has 0 bridgehead atoms. The first-order valence-electron chi connectivity index (χ1n) is 8.97. The SMILES string of the molecule is CCCCOC(=O)NC(C)(COc1ccc2c(Cl)nccc2c1)C(C)C. The first-order chi connectivity index (χ1) is 12.4. The maximum Gasteiger partial charge on any atom is 0.407 e. The van der Waals surface area contributed by atoms with E-state index in [2.05, 4.69) is 17.2 Å². The van der Waals surface area contributed by atoms with E-state index >= 15 is 0 Å². The molecule has 26 heavy (non-hydrogen) atoms. The van der Waals surface area contributed by atoms with Crippen molar-refractivity contribution >= 4 is 28.5 Å². The lowest BCUT2D eigenvalue weighted by Gasteiger charge is -2.34. The van der Waals surface area contributed by atoms with E-state index < -0.39 is 11.6 Å². The number of carbonyl (C=O) groups is 1. The Morgan fingerprint density at radius 1 is 1.35 bits per heavy atom. The minimum Gasteiger partial charge on any atom is -0.491 e. The fourth-order valence-corrected chi connectivity index (χ4v) is 2.60. The van der Waals surface area contributed by atoms with Crippen LogP contribution in [0, 0.1) is 5.92 Å². The smallest absolute Gasteiger partial charge is 0.407 e. The van der Waals surface area contributed by atoms with Gasteiger partial charge < -0.3 is 14.8 Å². The predicted octanol–water partition coefficient (Wildman–Crippen LogP) is 5.21. The first kappa shape index (κ1) is 20.3. The van der Waals surface area contributed by atoms with Crippen LogP contribution in [0.4, 0.5) is 4.79 Å². The maximum absolute atomic E-state index is 12.1. The van der Waals surface area contributed by atoms with E-state index in [1.54, 1.807) is 6.20 Å². The van der Waals surface area contributed by atoms with Crippen molar-refractivity contribution in [1.29, 1.82) is 0 Å². The molecule has 1 aromatic carbocycles. The highest BCUT2D eigenvalue weighted by Gasteiger charge is 2.32. The van der Waals surface area contributed by atoms with Crippen LogP contribution in [0.5, 0.6) is 5.75 Å². The second-order valence-corrected chi connectivity index (χ2v) is 7.32. The van der Waals surface area contributed by atoms with Crippen LogP contribution in [0.25, 0.3) is 10.8 Å². The van der Waals surface area contributed by atoms with Crippen LogP contribution in [-0.2, 0) is 4.74 Å². The summed E-state index contributed by atoms with van der Waals surface area (Å²) in [6.07, 6.45) is 3.10. The number of rotatable bonds is 8. The van der Waals surface area contributed by atoms with E-state index in [0.29, 0.717) is 24.1 Å². The van der Waals surface area contributed by atoms with Gasteiger partial charge in [0.05, 0.1) is 12.1 Å². The number of hydrogen-bond acceptors (Lipinski definition) is 4. The number of pyridine rings is 1. The third-order valence-electron chi connectivity index (χ3n) is 4.62. The molecule has 1 heterocycles. The summed E-state index contributed by atoms with van der Waals surface area (Å²) in [5, 5.41) is 5.26. The van der Waals surface area contributed by atoms with Crippen LogP contribution in [0.3, 0.4) is 0 Å². The third kappa shape index (κ3) is 5.24. The van der Waals surface area contributed by atoms with Crippen LogP contribution in [0.15, 0.2) is 30.5 Å². The zero-order valence-electron chi connectivity index (χ0n) is 15.8. The second kappa shape index (κ2) is 9.08. The van der Waals surface area contributed by atoms with E-state index in [1.807, 2.05) is 45.0 Å². The Morgan fingerprint density at radius 3 is 2.81 bits per heavy atom. The average Bonchev–Trinajstić information content (AvgIpc) is 2.60. The van der Waals surface area contributed by atoms with Crippen molar-refractivity contribution in [2.45, 2.75) is 46.1 Å². The highest BCUT2D eigenvalue weighted by molar-refractivity contribution is 6.34. The van der Waals surface area contributed by atoms with Gasteiger partial charge in [-0.3, -0.25) is 0 Å². The number of hydrogen-bond donors (Lipinski definition) is 1. The van der Waals surface area contributed by atoms with Crippen molar-refractivity contribution in [1.82, 2.24) is 10.3 Å². The van der Waals surface area contributed by atoms with Gasteiger partial charge in [-0.05, 0) is 48.9 Å². The molecule has 5 nitrogen and oxygen atoms in total. The number of unbranched alkanes of at least 4 members (excludes halogenated alkanes) is 1. The highest BCUT2D eigenvalue weighted by Crippen LogP contribution is 2.26. The summed E-state index contributed by atoms with van der Waals surface area (Å²) >= 11 is 6.10. The predicted molar refractivity (Wildman–Crippen MR) is 105 cm³/mol. The maximum atomic E-state index is 12.1. The summed E-state index contributed by atoms with van der Waals surface area (Å²) in [5.74, 6) is 0.883. The van der Waals surface area contributed by atoms with Crippen LogP contribution >= 0.6 is 11.6 Å². The Hall–Kier alpha value is -2.01. The normalized spacial score (nSPS) is 13.5. The van der Waals surface area contributed by atoms with Crippen LogP contribution in [-0.4, -0.2) is 29.8 Å².